The lowest BCUT2D eigenvalue weighted by molar-refractivity contribution is -0.132. The molecule has 7 nitrogen and oxygen atoms in total. The van der Waals surface area contributed by atoms with Crippen molar-refractivity contribution in [3.8, 4) is 0 Å². The molecule has 1 atom stereocenters. The number of nitrogens with zero attached hydrogens (tertiary/aromatic N) is 5. The molecule has 3 heterocycles. The van der Waals surface area contributed by atoms with Gasteiger partial charge in [0.15, 0.2) is 5.82 Å². The van der Waals surface area contributed by atoms with Crippen LogP contribution in [0.3, 0.4) is 0 Å². The van der Waals surface area contributed by atoms with Gasteiger partial charge in [-0.25, -0.2) is 0 Å². The largest absolute Gasteiger partial charge is 0.337 e. The molecule has 2 aromatic rings. The zero-order valence-electron chi connectivity index (χ0n) is 15.7. The molecule has 136 valence electrons. The van der Waals surface area contributed by atoms with Crippen LogP contribution in [0.4, 0.5) is 0 Å². The van der Waals surface area contributed by atoms with Crippen LogP contribution >= 0.6 is 0 Å². The van der Waals surface area contributed by atoms with Gasteiger partial charge in [-0.05, 0) is 38.7 Å². The highest BCUT2D eigenvalue weighted by molar-refractivity contribution is 5.77. The second-order valence-corrected chi connectivity index (χ2v) is 7.16. The van der Waals surface area contributed by atoms with Crippen LogP contribution in [0.5, 0.6) is 0 Å². The van der Waals surface area contributed by atoms with Crippen molar-refractivity contribution in [2.45, 2.75) is 65.3 Å². The molecule has 0 spiro atoms. The molecule has 1 amide bonds. The van der Waals surface area contributed by atoms with E-state index in [1.165, 1.54) is 5.56 Å². The Hall–Kier alpha value is -2.18. The van der Waals surface area contributed by atoms with Gasteiger partial charge in [-0.15, -0.1) is 0 Å². The summed E-state index contributed by atoms with van der Waals surface area (Å²) in [7, 11) is 1.94. The molecule has 0 radical (unpaired) electrons. The highest BCUT2D eigenvalue weighted by Crippen LogP contribution is 2.32. The van der Waals surface area contributed by atoms with Gasteiger partial charge in [-0.2, -0.15) is 10.1 Å². The maximum atomic E-state index is 12.8. The summed E-state index contributed by atoms with van der Waals surface area (Å²) in [6.45, 7) is 8.87. The number of amides is 1. The fourth-order valence-corrected chi connectivity index (χ4v) is 3.49. The molecule has 0 aromatic carbocycles. The van der Waals surface area contributed by atoms with Crippen molar-refractivity contribution in [1.29, 1.82) is 0 Å². The van der Waals surface area contributed by atoms with Gasteiger partial charge in [-0.1, -0.05) is 19.0 Å². The third-order valence-electron chi connectivity index (χ3n) is 5.08. The Labute approximate surface area is 148 Å². The average Bonchev–Trinajstić information content (AvgIpc) is 3.26. The molecule has 0 saturated carbocycles. The molecule has 0 N–H and O–H groups in total. The molecule has 0 aliphatic carbocycles. The molecule has 1 fully saturated rings. The second kappa shape index (κ2) is 6.98. The van der Waals surface area contributed by atoms with E-state index in [9.17, 15) is 4.79 Å². The summed E-state index contributed by atoms with van der Waals surface area (Å²) >= 11 is 0. The van der Waals surface area contributed by atoms with Crippen molar-refractivity contribution in [3.05, 3.63) is 28.7 Å². The SMILES string of the molecule is Cc1nn(C)c(C)c1CCC(=O)N1CCCC1c1nc(C(C)C)no1. The molecule has 2 aromatic heterocycles. The van der Waals surface area contributed by atoms with Crippen molar-refractivity contribution in [1.82, 2.24) is 24.8 Å². The van der Waals surface area contributed by atoms with Crippen molar-refractivity contribution < 1.29 is 9.32 Å². The smallest absolute Gasteiger partial charge is 0.249 e. The molecule has 1 unspecified atom stereocenters. The van der Waals surface area contributed by atoms with E-state index in [2.05, 4.69) is 15.2 Å². The van der Waals surface area contributed by atoms with E-state index < -0.39 is 0 Å². The fraction of sp³-hybridized carbons (Fsp3) is 0.667. The summed E-state index contributed by atoms with van der Waals surface area (Å²) in [5.74, 6) is 1.65. The third kappa shape index (κ3) is 3.45. The molecule has 1 aliphatic rings. The van der Waals surface area contributed by atoms with Crippen LogP contribution in [-0.2, 0) is 18.3 Å². The van der Waals surface area contributed by atoms with Crippen molar-refractivity contribution >= 4 is 5.91 Å². The van der Waals surface area contributed by atoms with E-state index in [0.717, 1.165) is 30.8 Å². The van der Waals surface area contributed by atoms with Crippen LogP contribution in [-0.4, -0.2) is 37.3 Å². The quantitative estimate of drug-likeness (QED) is 0.833. The van der Waals surface area contributed by atoms with Gasteiger partial charge in [0.1, 0.15) is 6.04 Å². The second-order valence-electron chi connectivity index (χ2n) is 7.16. The maximum Gasteiger partial charge on any atom is 0.249 e. The first-order valence-corrected chi connectivity index (χ1v) is 9.00. The first-order valence-electron chi connectivity index (χ1n) is 9.00. The lowest BCUT2D eigenvalue weighted by Crippen LogP contribution is -2.31. The first kappa shape index (κ1) is 17.6. The van der Waals surface area contributed by atoms with Crippen molar-refractivity contribution in [2.24, 2.45) is 7.05 Å². The third-order valence-corrected chi connectivity index (χ3v) is 5.08. The number of hydrogen-bond donors (Lipinski definition) is 0. The topological polar surface area (TPSA) is 77.1 Å². The minimum Gasteiger partial charge on any atom is -0.337 e. The molecule has 3 rings (SSSR count). The van der Waals surface area contributed by atoms with E-state index >= 15 is 0 Å². The van der Waals surface area contributed by atoms with E-state index in [1.54, 1.807) is 0 Å². The number of likely N-dealkylation sites (tertiary alicyclic amines) is 1. The number of aryl methyl sites for hydroxylation is 2. The monoisotopic (exact) mass is 345 g/mol. The molecular weight excluding hydrogens is 318 g/mol. The lowest BCUT2D eigenvalue weighted by Gasteiger charge is -2.22. The van der Waals surface area contributed by atoms with E-state index in [-0.39, 0.29) is 17.9 Å². The van der Waals surface area contributed by atoms with E-state index in [4.69, 9.17) is 4.52 Å². The summed E-state index contributed by atoms with van der Waals surface area (Å²) in [5.41, 5.74) is 3.30. The number of rotatable bonds is 5. The zero-order valence-corrected chi connectivity index (χ0v) is 15.7. The van der Waals surface area contributed by atoms with Gasteiger partial charge in [0, 0.05) is 31.6 Å². The highest BCUT2D eigenvalue weighted by atomic mass is 16.5. The van der Waals surface area contributed by atoms with Crippen LogP contribution in [0.1, 0.15) is 73.7 Å². The highest BCUT2D eigenvalue weighted by Gasteiger charge is 2.34. The number of carbonyl (C=O) groups is 1. The summed E-state index contributed by atoms with van der Waals surface area (Å²) in [6, 6.07) is -0.0800. The number of carbonyl (C=O) groups excluding carboxylic acids is 1. The Morgan fingerprint density at radius 3 is 2.72 bits per heavy atom. The normalized spacial score (nSPS) is 17.7. The summed E-state index contributed by atoms with van der Waals surface area (Å²) < 4.78 is 7.30. The lowest BCUT2D eigenvalue weighted by atomic mass is 10.1. The Balaban J connectivity index is 1.68. The average molecular weight is 345 g/mol. The summed E-state index contributed by atoms with van der Waals surface area (Å²) in [4.78, 5) is 19.2. The zero-order chi connectivity index (χ0) is 18.1. The van der Waals surface area contributed by atoms with Crippen molar-refractivity contribution in [3.63, 3.8) is 0 Å². The summed E-state index contributed by atoms with van der Waals surface area (Å²) in [6.07, 6.45) is 3.06. The minimum absolute atomic E-state index is 0.0800. The van der Waals surface area contributed by atoms with Crippen LogP contribution in [0.15, 0.2) is 4.52 Å². The van der Waals surface area contributed by atoms with Crippen molar-refractivity contribution in [2.75, 3.05) is 6.54 Å². The standard InChI is InChI=1S/C18H27N5O2/c1-11(2)17-19-18(25-21-17)15-7-6-10-23(15)16(24)9-8-14-12(3)20-22(5)13(14)4/h11,15H,6-10H2,1-5H3. The Kier molecular flexibility index (Phi) is 4.92. The fourth-order valence-electron chi connectivity index (χ4n) is 3.49. The van der Waals surface area contributed by atoms with Gasteiger partial charge in [-0.3, -0.25) is 9.48 Å². The van der Waals surface area contributed by atoms with E-state index in [1.807, 2.05) is 44.3 Å². The summed E-state index contributed by atoms with van der Waals surface area (Å²) in [5, 5.41) is 8.46. The number of aromatic nitrogens is 4. The Bertz CT molecular complexity index is 762. The Morgan fingerprint density at radius 1 is 1.36 bits per heavy atom. The van der Waals surface area contributed by atoms with Crippen LogP contribution in [0.25, 0.3) is 0 Å². The maximum absolute atomic E-state index is 12.8. The molecule has 7 heteroatoms. The van der Waals surface area contributed by atoms with Gasteiger partial charge in [0.25, 0.3) is 0 Å². The first-order chi connectivity index (χ1) is 11.9. The minimum atomic E-state index is -0.0800. The molecule has 1 saturated heterocycles. The van der Waals surface area contributed by atoms with Gasteiger partial charge in [0.05, 0.1) is 5.69 Å². The van der Waals surface area contributed by atoms with Gasteiger partial charge in [0.2, 0.25) is 11.8 Å². The molecule has 25 heavy (non-hydrogen) atoms. The molecule has 0 bridgehead atoms. The molecular formula is C18H27N5O2. The molecule has 1 aliphatic heterocycles. The van der Waals surface area contributed by atoms with E-state index in [0.29, 0.717) is 24.6 Å². The predicted octanol–water partition coefficient (Wildman–Crippen LogP) is 2.84. The number of hydrogen-bond acceptors (Lipinski definition) is 5. The van der Waals surface area contributed by atoms with Crippen LogP contribution in [0, 0.1) is 13.8 Å². The van der Waals surface area contributed by atoms with Crippen LogP contribution < -0.4 is 0 Å². The Morgan fingerprint density at radius 2 is 2.12 bits per heavy atom. The van der Waals surface area contributed by atoms with Crippen LogP contribution in [0.2, 0.25) is 0 Å². The van der Waals surface area contributed by atoms with Gasteiger partial charge >= 0.3 is 0 Å². The predicted molar refractivity (Wildman–Crippen MR) is 93.1 cm³/mol. The van der Waals surface area contributed by atoms with Gasteiger partial charge < -0.3 is 9.42 Å².